The van der Waals surface area contributed by atoms with E-state index < -0.39 is 0 Å². The molecule has 1 heterocycles. The number of aromatic nitrogens is 2. The molecule has 1 aromatic heterocycles. The average Bonchev–Trinajstić information content (AvgIpc) is 2.95. The lowest BCUT2D eigenvalue weighted by Crippen LogP contribution is -1.98. The number of nitriles is 1. The number of imidazole rings is 1. The number of fused-ring (bicyclic) bond motifs is 1. The Morgan fingerprint density at radius 3 is 2.65 bits per heavy atom. The minimum atomic E-state index is 0.140. The average molecular weight is 433 g/mol. The summed E-state index contributed by atoms with van der Waals surface area (Å²) < 4.78 is 3.08. The molecule has 0 atom stereocenters. The monoisotopic (exact) mass is 431 g/mol. The Bertz CT molecular complexity index is 931. The van der Waals surface area contributed by atoms with Crippen molar-refractivity contribution in [3.8, 4) is 11.8 Å². The lowest BCUT2D eigenvalue weighted by atomic mass is 10.1. The first kappa shape index (κ1) is 15.8. The topological polar surface area (TPSA) is 61.8 Å². The van der Waals surface area contributed by atoms with Crippen LogP contribution in [-0.4, -0.2) is 14.7 Å². The van der Waals surface area contributed by atoms with E-state index in [4.69, 9.17) is 0 Å². The standard InChI is InChI=1S/C17H11Br2N3O/c18-13-6-11(7-14(19)17(13)23)5-12(8-20)9-22-10-21-15-3-1-2-4-16(15)22/h1-7,10,23H,9H2/b12-5-. The Morgan fingerprint density at radius 2 is 1.96 bits per heavy atom. The second-order valence-electron chi connectivity index (χ2n) is 4.98. The van der Waals surface area contributed by atoms with Crippen molar-refractivity contribution in [2.24, 2.45) is 0 Å². The van der Waals surface area contributed by atoms with E-state index in [2.05, 4.69) is 42.9 Å². The summed E-state index contributed by atoms with van der Waals surface area (Å²) in [5, 5.41) is 19.2. The zero-order valence-electron chi connectivity index (χ0n) is 11.9. The van der Waals surface area contributed by atoms with E-state index in [1.807, 2.05) is 28.8 Å². The maximum Gasteiger partial charge on any atom is 0.143 e. The first-order chi connectivity index (χ1) is 11.1. The molecule has 23 heavy (non-hydrogen) atoms. The predicted octanol–water partition coefficient (Wildman–Crippen LogP) is 4.87. The third-order valence-corrected chi connectivity index (χ3v) is 4.60. The summed E-state index contributed by atoms with van der Waals surface area (Å²) in [6.45, 7) is 0.438. The highest BCUT2D eigenvalue weighted by Gasteiger charge is 2.07. The van der Waals surface area contributed by atoms with Gasteiger partial charge in [-0.05, 0) is 67.8 Å². The van der Waals surface area contributed by atoms with Crippen molar-refractivity contribution in [2.45, 2.75) is 6.54 Å². The fourth-order valence-corrected chi connectivity index (χ4v) is 3.52. The number of halogens is 2. The molecule has 0 spiro atoms. The summed E-state index contributed by atoms with van der Waals surface area (Å²) in [5.41, 5.74) is 3.31. The molecule has 0 unspecified atom stereocenters. The molecule has 3 rings (SSSR count). The van der Waals surface area contributed by atoms with E-state index in [0.717, 1.165) is 16.6 Å². The Morgan fingerprint density at radius 1 is 1.26 bits per heavy atom. The Balaban J connectivity index is 1.96. The van der Waals surface area contributed by atoms with Crippen molar-refractivity contribution in [1.29, 1.82) is 5.26 Å². The maximum atomic E-state index is 9.76. The largest absolute Gasteiger partial charge is 0.506 e. The van der Waals surface area contributed by atoms with Crippen molar-refractivity contribution in [1.82, 2.24) is 9.55 Å². The van der Waals surface area contributed by atoms with Crippen LogP contribution in [0, 0.1) is 11.3 Å². The number of rotatable bonds is 3. The molecule has 6 heteroatoms. The fourth-order valence-electron chi connectivity index (χ4n) is 2.30. The first-order valence-corrected chi connectivity index (χ1v) is 8.35. The summed E-state index contributed by atoms with van der Waals surface area (Å²) in [6.07, 6.45) is 3.53. The van der Waals surface area contributed by atoms with Gasteiger partial charge >= 0.3 is 0 Å². The molecule has 0 aliphatic carbocycles. The number of phenolic OH excluding ortho intramolecular Hbond substituents is 1. The number of para-hydroxylation sites is 2. The normalized spacial score (nSPS) is 11.6. The molecule has 0 aliphatic rings. The number of nitrogens with zero attached hydrogens (tertiary/aromatic N) is 3. The molecule has 0 aliphatic heterocycles. The van der Waals surface area contributed by atoms with Crippen molar-refractivity contribution >= 4 is 49.0 Å². The Hall–Kier alpha value is -2.10. The number of phenols is 1. The van der Waals surface area contributed by atoms with E-state index >= 15 is 0 Å². The molecule has 2 aromatic carbocycles. The highest BCUT2D eigenvalue weighted by molar-refractivity contribution is 9.11. The zero-order valence-corrected chi connectivity index (χ0v) is 15.0. The Kier molecular flexibility index (Phi) is 4.51. The number of hydrogen-bond acceptors (Lipinski definition) is 3. The van der Waals surface area contributed by atoms with Crippen LogP contribution < -0.4 is 0 Å². The van der Waals surface area contributed by atoms with Crippen LogP contribution in [-0.2, 0) is 6.54 Å². The van der Waals surface area contributed by atoms with Crippen LogP contribution in [0.2, 0.25) is 0 Å². The lowest BCUT2D eigenvalue weighted by molar-refractivity contribution is 0.468. The van der Waals surface area contributed by atoms with Gasteiger partial charge in [-0.2, -0.15) is 5.26 Å². The lowest BCUT2D eigenvalue weighted by Gasteiger charge is -2.05. The second-order valence-corrected chi connectivity index (χ2v) is 6.68. The molecule has 0 saturated heterocycles. The van der Waals surface area contributed by atoms with Crippen LogP contribution in [0.3, 0.4) is 0 Å². The summed E-state index contributed by atoms with van der Waals surface area (Å²) >= 11 is 6.59. The number of allylic oxidation sites excluding steroid dienone is 1. The highest BCUT2D eigenvalue weighted by Crippen LogP contribution is 2.34. The molecule has 0 amide bonds. The third-order valence-electron chi connectivity index (χ3n) is 3.39. The van der Waals surface area contributed by atoms with Gasteiger partial charge in [-0.1, -0.05) is 12.1 Å². The van der Waals surface area contributed by atoms with Crippen molar-refractivity contribution in [3.05, 3.63) is 62.8 Å². The SMILES string of the molecule is N#C/C(=C/c1cc(Br)c(O)c(Br)c1)Cn1cnc2ccccc21. The molecule has 0 radical (unpaired) electrons. The van der Waals surface area contributed by atoms with E-state index in [0.29, 0.717) is 21.1 Å². The van der Waals surface area contributed by atoms with Gasteiger partial charge in [0, 0.05) is 5.57 Å². The molecule has 3 aromatic rings. The number of benzene rings is 2. The van der Waals surface area contributed by atoms with Gasteiger partial charge in [-0.3, -0.25) is 0 Å². The maximum absolute atomic E-state index is 9.76. The van der Waals surface area contributed by atoms with Crippen LogP contribution in [0.25, 0.3) is 17.1 Å². The van der Waals surface area contributed by atoms with Crippen molar-refractivity contribution in [3.63, 3.8) is 0 Å². The minimum Gasteiger partial charge on any atom is -0.506 e. The Labute approximate surface area is 150 Å². The van der Waals surface area contributed by atoms with Gasteiger partial charge in [0.15, 0.2) is 0 Å². The van der Waals surface area contributed by atoms with Gasteiger partial charge < -0.3 is 9.67 Å². The van der Waals surface area contributed by atoms with Gasteiger partial charge in [0.05, 0.1) is 38.9 Å². The summed E-state index contributed by atoms with van der Waals surface area (Å²) in [7, 11) is 0. The molecular weight excluding hydrogens is 422 g/mol. The second kappa shape index (κ2) is 6.57. The van der Waals surface area contributed by atoms with Gasteiger partial charge in [-0.25, -0.2) is 4.98 Å². The van der Waals surface area contributed by atoms with E-state index in [1.54, 1.807) is 24.5 Å². The molecular formula is C17H11Br2N3O. The molecule has 1 N–H and O–H groups in total. The van der Waals surface area contributed by atoms with Crippen molar-refractivity contribution in [2.75, 3.05) is 0 Å². The molecule has 4 nitrogen and oxygen atoms in total. The molecule has 0 fully saturated rings. The highest BCUT2D eigenvalue weighted by atomic mass is 79.9. The van der Waals surface area contributed by atoms with Crippen LogP contribution in [0.1, 0.15) is 5.56 Å². The fraction of sp³-hybridized carbons (Fsp3) is 0.0588. The van der Waals surface area contributed by atoms with Crippen molar-refractivity contribution < 1.29 is 5.11 Å². The van der Waals surface area contributed by atoms with Gasteiger partial charge in [0.25, 0.3) is 0 Å². The third kappa shape index (κ3) is 3.31. The predicted molar refractivity (Wildman–Crippen MR) is 96.8 cm³/mol. The van der Waals surface area contributed by atoms with Gasteiger partial charge in [0.2, 0.25) is 0 Å². The summed E-state index contributed by atoms with van der Waals surface area (Å²) in [5.74, 6) is 0.140. The minimum absolute atomic E-state index is 0.140. The van der Waals surface area contributed by atoms with Crippen LogP contribution >= 0.6 is 31.9 Å². The van der Waals surface area contributed by atoms with Crippen LogP contribution in [0.5, 0.6) is 5.75 Å². The van der Waals surface area contributed by atoms with Crippen LogP contribution in [0.4, 0.5) is 0 Å². The van der Waals surface area contributed by atoms with E-state index in [1.165, 1.54) is 0 Å². The smallest absolute Gasteiger partial charge is 0.143 e. The quantitative estimate of drug-likeness (QED) is 0.600. The van der Waals surface area contributed by atoms with E-state index in [-0.39, 0.29) is 5.75 Å². The molecule has 0 saturated carbocycles. The summed E-state index contributed by atoms with van der Waals surface area (Å²) in [4.78, 5) is 4.33. The summed E-state index contributed by atoms with van der Waals surface area (Å²) in [6, 6.07) is 13.6. The number of hydrogen-bond donors (Lipinski definition) is 1. The van der Waals surface area contributed by atoms with Crippen LogP contribution in [0.15, 0.2) is 57.2 Å². The molecule has 0 bridgehead atoms. The van der Waals surface area contributed by atoms with Gasteiger partial charge in [0.1, 0.15) is 5.75 Å². The first-order valence-electron chi connectivity index (χ1n) is 6.77. The van der Waals surface area contributed by atoms with E-state index in [9.17, 15) is 10.4 Å². The van der Waals surface area contributed by atoms with Gasteiger partial charge in [-0.15, -0.1) is 0 Å². The number of aromatic hydroxyl groups is 1. The molecule has 114 valence electrons. The zero-order chi connectivity index (χ0) is 16.4.